The van der Waals surface area contributed by atoms with Gasteiger partial charge in [0, 0.05) is 38.4 Å². The van der Waals surface area contributed by atoms with Crippen molar-refractivity contribution in [3.8, 4) is 0 Å². The van der Waals surface area contributed by atoms with E-state index in [0.29, 0.717) is 12.0 Å². The van der Waals surface area contributed by atoms with Crippen LogP contribution in [0.3, 0.4) is 0 Å². The van der Waals surface area contributed by atoms with Crippen molar-refractivity contribution in [3.05, 3.63) is 12.3 Å². The first-order chi connectivity index (χ1) is 11.7. The minimum Gasteiger partial charge on any atom is -0.356 e. The number of piperidine rings is 1. The Hall–Kier alpha value is -1.36. The maximum absolute atomic E-state index is 4.98. The molecule has 134 valence electrons. The maximum atomic E-state index is 4.98. The van der Waals surface area contributed by atoms with E-state index in [2.05, 4.69) is 40.0 Å². The molecule has 3 heterocycles. The third-order valence-corrected chi connectivity index (χ3v) is 5.09. The van der Waals surface area contributed by atoms with Crippen LogP contribution in [0.5, 0.6) is 0 Å². The second kappa shape index (κ2) is 8.65. The van der Waals surface area contributed by atoms with Crippen molar-refractivity contribution in [2.45, 2.75) is 58.4 Å². The van der Waals surface area contributed by atoms with E-state index in [4.69, 9.17) is 4.98 Å². The molecular formula is C19H33N5. The van der Waals surface area contributed by atoms with Crippen LogP contribution in [0.1, 0.15) is 52.4 Å². The zero-order valence-corrected chi connectivity index (χ0v) is 15.4. The van der Waals surface area contributed by atoms with E-state index >= 15 is 0 Å². The van der Waals surface area contributed by atoms with E-state index in [1.54, 1.807) is 0 Å². The van der Waals surface area contributed by atoms with Gasteiger partial charge in [-0.05, 0) is 44.2 Å². The molecule has 0 aromatic carbocycles. The van der Waals surface area contributed by atoms with Gasteiger partial charge in [0.15, 0.2) is 0 Å². The fourth-order valence-corrected chi connectivity index (χ4v) is 3.84. The van der Waals surface area contributed by atoms with Gasteiger partial charge in [-0.25, -0.2) is 4.98 Å². The summed E-state index contributed by atoms with van der Waals surface area (Å²) in [4.78, 5) is 14.5. The van der Waals surface area contributed by atoms with Gasteiger partial charge >= 0.3 is 0 Å². The number of nitrogens with one attached hydrogen (secondary N) is 1. The molecule has 0 spiro atoms. The lowest BCUT2D eigenvalue weighted by atomic mass is 10.0. The lowest BCUT2D eigenvalue weighted by molar-refractivity contribution is 0.412. The van der Waals surface area contributed by atoms with Crippen molar-refractivity contribution in [2.75, 3.05) is 42.5 Å². The average molecular weight is 332 g/mol. The van der Waals surface area contributed by atoms with Gasteiger partial charge in [-0.3, -0.25) is 0 Å². The quantitative estimate of drug-likeness (QED) is 0.898. The largest absolute Gasteiger partial charge is 0.356 e. The fraction of sp³-hybridized carbons (Fsp3) is 0.789. The number of anilines is 2. The van der Waals surface area contributed by atoms with Crippen molar-refractivity contribution in [1.29, 1.82) is 0 Å². The van der Waals surface area contributed by atoms with Gasteiger partial charge in [0.05, 0.1) is 0 Å². The summed E-state index contributed by atoms with van der Waals surface area (Å²) in [7, 11) is 0. The highest BCUT2D eigenvalue weighted by Crippen LogP contribution is 2.23. The SMILES string of the molecule is CC(C)CN(c1nccc(N2CCCCCC2)n1)C1CCCNC1. The Morgan fingerprint density at radius 2 is 2.00 bits per heavy atom. The highest BCUT2D eigenvalue weighted by molar-refractivity contribution is 5.44. The first kappa shape index (κ1) is 17.5. The molecule has 0 saturated carbocycles. The van der Waals surface area contributed by atoms with E-state index < -0.39 is 0 Å². The Kier molecular flexibility index (Phi) is 6.30. The molecule has 1 atom stereocenters. The summed E-state index contributed by atoms with van der Waals surface area (Å²) < 4.78 is 0. The first-order valence-corrected chi connectivity index (χ1v) is 9.79. The van der Waals surface area contributed by atoms with Gasteiger partial charge in [-0.15, -0.1) is 0 Å². The highest BCUT2D eigenvalue weighted by Gasteiger charge is 2.24. The Morgan fingerprint density at radius 3 is 2.67 bits per heavy atom. The molecule has 0 aliphatic carbocycles. The van der Waals surface area contributed by atoms with Crippen molar-refractivity contribution in [1.82, 2.24) is 15.3 Å². The zero-order valence-electron chi connectivity index (χ0n) is 15.4. The summed E-state index contributed by atoms with van der Waals surface area (Å²) in [5.74, 6) is 2.64. The number of aromatic nitrogens is 2. The molecule has 2 aliphatic rings. The molecule has 2 fully saturated rings. The third-order valence-electron chi connectivity index (χ3n) is 5.09. The van der Waals surface area contributed by atoms with Crippen LogP contribution in [-0.4, -0.2) is 48.7 Å². The van der Waals surface area contributed by atoms with Crippen molar-refractivity contribution in [2.24, 2.45) is 5.92 Å². The van der Waals surface area contributed by atoms with Crippen LogP contribution >= 0.6 is 0 Å². The second-order valence-corrected chi connectivity index (χ2v) is 7.66. The molecule has 5 heteroatoms. The molecule has 1 aromatic heterocycles. The van der Waals surface area contributed by atoms with E-state index in [9.17, 15) is 0 Å². The number of nitrogens with zero attached hydrogens (tertiary/aromatic N) is 4. The van der Waals surface area contributed by atoms with Gasteiger partial charge in [-0.2, -0.15) is 4.98 Å². The van der Waals surface area contributed by atoms with Crippen molar-refractivity contribution < 1.29 is 0 Å². The summed E-state index contributed by atoms with van der Waals surface area (Å²) in [5.41, 5.74) is 0. The van der Waals surface area contributed by atoms with E-state index in [1.165, 1.54) is 38.5 Å². The number of rotatable bonds is 5. The monoisotopic (exact) mass is 331 g/mol. The molecule has 2 aliphatic heterocycles. The predicted molar refractivity (Wildman–Crippen MR) is 101 cm³/mol. The molecule has 0 radical (unpaired) electrons. The summed E-state index contributed by atoms with van der Waals surface area (Å²) in [6.45, 7) is 10.0. The van der Waals surface area contributed by atoms with Crippen LogP contribution < -0.4 is 15.1 Å². The molecule has 0 bridgehead atoms. The van der Waals surface area contributed by atoms with E-state index in [-0.39, 0.29) is 0 Å². The third kappa shape index (κ3) is 4.59. The van der Waals surface area contributed by atoms with Crippen molar-refractivity contribution >= 4 is 11.8 Å². The Labute approximate surface area is 146 Å². The van der Waals surface area contributed by atoms with Gasteiger partial charge in [0.25, 0.3) is 0 Å². The van der Waals surface area contributed by atoms with Gasteiger partial charge in [0.1, 0.15) is 5.82 Å². The minimum atomic E-state index is 0.514. The molecular weight excluding hydrogens is 298 g/mol. The predicted octanol–water partition coefficient (Wildman–Crippen LogP) is 3.07. The van der Waals surface area contributed by atoms with Crippen LogP contribution in [0.4, 0.5) is 11.8 Å². The summed E-state index contributed by atoms with van der Waals surface area (Å²) >= 11 is 0. The molecule has 1 aromatic rings. The molecule has 1 N–H and O–H groups in total. The van der Waals surface area contributed by atoms with Crippen LogP contribution in [0.15, 0.2) is 12.3 Å². The maximum Gasteiger partial charge on any atom is 0.227 e. The molecule has 24 heavy (non-hydrogen) atoms. The summed E-state index contributed by atoms with van der Waals surface area (Å²) in [6.07, 6.45) is 9.68. The highest BCUT2D eigenvalue weighted by atomic mass is 15.3. The Morgan fingerprint density at radius 1 is 1.21 bits per heavy atom. The smallest absolute Gasteiger partial charge is 0.227 e. The average Bonchev–Trinajstić information content (AvgIpc) is 2.90. The lowest BCUT2D eigenvalue weighted by Gasteiger charge is -2.36. The molecule has 1 unspecified atom stereocenters. The number of hydrogen-bond donors (Lipinski definition) is 1. The normalized spacial score (nSPS) is 22.5. The summed E-state index contributed by atoms with van der Waals surface area (Å²) in [6, 6.07) is 2.60. The van der Waals surface area contributed by atoms with Crippen LogP contribution in [0.2, 0.25) is 0 Å². The van der Waals surface area contributed by atoms with E-state index in [1.807, 2.05) is 6.20 Å². The van der Waals surface area contributed by atoms with Crippen molar-refractivity contribution in [3.63, 3.8) is 0 Å². The molecule has 2 saturated heterocycles. The Balaban J connectivity index is 1.79. The first-order valence-electron chi connectivity index (χ1n) is 9.79. The molecule has 5 nitrogen and oxygen atoms in total. The minimum absolute atomic E-state index is 0.514. The van der Waals surface area contributed by atoms with Crippen LogP contribution in [0, 0.1) is 5.92 Å². The van der Waals surface area contributed by atoms with Gasteiger partial charge < -0.3 is 15.1 Å². The molecule has 3 rings (SSSR count). The standard InChI is InChI=1S/C19H33N5/c1-16(2)15-24(17-8-7-10-20-14-17)19-21-11-9-18(22-19)23-12-5-3-4-6-13-23/h9,11,16-17,20H,3-8,10,12-15H2,1-2H3. The zero-order chi connectivity index (χ0) is 16.8. The second-order valence-electron chi connectivity index (χ2n) is 7.66. The van der Waals surface area contributed by atoms with E-state index in [0.717, 1.165) is 44.5 Å². The van der Waals surface area contributed by atoms with Crippen LogP contribution in [0.25, 0.3) is 0 Å². The Bertz CT molecular complexity index is 490. The number of hydrogen-bond acceptors (Lipinski definition) is 5. The fourth-order valence-electron chi connectivity index (χ4n) is 3.84. The van der Waals surface area contributed by atoms with Gasteiger partial charge in [-0.1, -0.05) is 26.7 Å². The molecule has 0 amide bonds. The van der Waals surface area contributed by atoms with Gasteiger partial charge in [0.2, 0.25) is 5.95 Å². The summed E-state index contributed by atoms with van der Waals surface area (Å²) in [5, 5.41) is 3.54. The topological polar surface area (TPSA) is 44.3 Å². The van der Waals surface area contributed by atoms with Crippen LogP contribution in [-0.2, 0) is 0 Å². The lowest BCUT2D eigenvalue weighted by Crippen LogP contribution is -2.48.